The zero-order valence-electron chi connectivity index (χ0n) is 43.9. The molecule has 4 heterocycles. The third-order valence-electron chi connectivity index (χ3n) is 17.1. The summed E-state index contributed by atoms with van der Waals surface area (Å²) >= 11 is 0. The molecule has 0 saturated heterocycles. The third-order valence-corrected chi connectivity index (χ3v) is 17.1. The molecule has 6 heteroatoms. The standard InChI is InChI=1S/C71H54N4O2/c1-69(2)53-15-7-11-19-61(53)74(63-37-31-47(39-57(63)69)43-23-27-45(28-24-43)67-72-59-17-9-13-21-65(59)76-67)49-33-35-51-52-36-34-50(42-56(52)71(5,6)55(51)41-49)75-62-20-12-8-16-54(62)70(3,4)58-40-48(32-38-64(58)75)44-25-29-46(30-26-44)68-73-60-18-10-14-22-66(60)77-68/h7-42H,1-6H3. The highest BCUT2D eigenvalue weighted by Crippen LogP contribution is 2.58. The van der Waals surface area contributed by atoms with E-state index in [9.17, 15) is 0 Å². The van der Waals surface area contributed by atoms with Crippen molar-refractivity contribution in [1.29, 1.82) is 0 Å². The third kappa shape index (κ3) is 6.81. The van der Waals surface area contributed by atoms with Gasteiger partial charge in [-0.05, 0) is 176 Å². The van der Waals surface area contributed by atoms with Crippen LogP contribution in [0.15, 0.2) is 227 Å². The Bertz CT molecular complexity index is 4040. The maximum Gasteiger partial charge on any atom is 0.227 e. The quantitative estimate of drug-likeness (QED) is 0.165. The molecule has 12 aromatic rings. The van der Waals surface area contributed by atoms with Crippen molar-refractivity contribution >= 4 is 56.3 Å². The number of rotatable bonds is 6. The van der Waals surface area contributed by atoms with Crippen LogP contribution in [-0.4, -0.2) is 9.97 Å². The Balaban J connectivity index is 0.775. The number of para-hydroxylation sites is 6. The van der Waals surface area contributed by atoms with Crippen LogP contribution in [-0.2, 0) is 16.2 Å². The SMILES string of the molecule is CC1(C)c2cc(N3c4ccccc4C(C)(C)c4cc(-c5ccc(-c6nc7ccccc7o6)cc5)ccc43)ccc2-c2ccc(N3c4ccccc4C(C)(C)c4cc(-c5ccc(-c6nc7ccccc7o6)cc5)ccc43)cc21. The molecule has 2 aliphatic heterocycles. The van der Waals surface area contributed by atoms with Crippen molar-refractivity contribution in [3.8, 4) is 56.3 Å². The first-order valence-electron chi connectivity index (χ1n) is 26.7. The highest BCUT2D eigenvalue weighted by Gasteiger charge is 2.42. The van der Waals surface area contributed by atoms with Crippen molar-refractivity contribution < 1.29 is 8.83 Å². The lowest BCUT2D eigenvalue weighted by atomic mass is 9.72. The summed E-state index contributed by atoms with van der Waals surface area (Å²) in [5.41, 5.74) is 26.6. The minimum atomic E-state index is -0.284. The Morgan fingerprint density at radius 1 is 0.299 bits per heavy atom. The summed E-state index contributed by atoms with van der Waals surface area (Å²) in [6, 6.07) is 79.2. The van der Waals surface area contributed by atoms with Crippen molar-refractivity contribution in [3.05, 3.63) is 252 Å². The molecule has 6 nitrogen and oxygen atoms in total. The summed E-state index contributed by atoms with van der Waals surface area (Å²) in [4.78, 5) is 14.5. The average Bonchev–Trinajstić information content (AvgIpc) is 4.20. The number of nitrogens with zero attached hydrogens (tertiary/aromatic N) is 4. The number of fused-ring (bicyclic) bond motifs is 9. The van der Waals surface area contributed by atoms with Crippen LogP contribution in [0.3, 0.4) is 0 Å². The maximum absolute atomic E-state index is 6.12. The molecule has 0 unspecified atom stereocenters. The molecule has 15 rings (SSSR count). The normalized spacial score (nSPS) is 15.1. The van der Waals surface area contributed by atoms with Gasteiger partial charge in [-0.25, -0.2) is 9.97 Å². The summed E-state index contributed by atoms with van der Waals surface area (Å²) < 4.78 is 12.2. The molecule has 10 aromatic carbocycles. The summed E-state index contributed by atoms with van der Waals surface area (Å²) in [6.45, 7) is 14.3. The highest BCUT2D eigenvalue weighted by atomic mass is 16.4. The second-order valence-electron chi connectivity index (χ2n) is 22.6. The second kappa shape index (κ2) is 16.4. The zero-order chi connectivity index (χ0) is 52.0. The first-order valence-corrected chi connectivity index (χ1v) is 26.7. The van der Waals surface area contributed by atoms with E-state index in [1.807, 2.05) is 48.5 Å². The number of hydrogen-bond acceptors (Lipinski definition) is 6. The second-order valence-corrected chi connectivity index (χ2v) is 22.6. The van der Waals surface area contributed by atoms with E-state index in [0.717, 1.165) is 55.8 Å². The number of benzene rings is 10. The molecule has 0 fully saturated rings. The van der Waals surface area contributed by atoms with Gasteiger partial charge in [0.15, 0.2) is 11.2 Å². The van der Waals surface area contributed by atoms with Crippen LogP contribution in [0.25, 0.3) is 78.5 Å². The van der Waals surface area contributed by atoms with Crippen molar-refractivity contribution in [1.82, 2.24) is 9.97 Å². The van der Waals surface area contributed by atoms with E-state index in [1.165, 1.54) is 78.4 Å². The molecule has 0 atom stereocenters. The molecule has 0 radical (unpaired) electrons. The Morgan fingerprint density at radius 3 is 1.08 bits per heavy atom. The van der Waals surface area contributed by atoms with Crippen molar-refractivity contribution in [2.75, 3.05) is 9.80 Å². The minimum absolute atomic E-state index is 0.248. The number of anilines is 6. The molecule has 0 spiro atoms. The number of aromatic nitrogens is 2. The lowest BCUT2D eigenvalue weighted by Crippen LogP contribution is -2.31. The van der Waals surface area contributed by atoms with E-state index < -0.39 is 0 Å². The number of hydrogen-bond donors (Lipinski definition) is 0. The van der Waals surface area contributed by atoms with Crippen LogP contribution in [0, 0.1) is 0 Å². The van der Waals surface area contributed by atoms with Gasteiger partial charge in [-0.1, -0.05) is 151 Å². The van der Waals surface area contributed by atoms with Gasteiger partial charge in [-0.15, -0.1) is 0 Å². The van der Waals surface area contributed by atoms with E-state index >= 15 is 0 Å². The van der Waals surface area contributed by atoms with E-state index in [0.29, 0.717) is 11.8 Å². The Kier molecular flexibility index (Phi) is 9.60. The predicted molar refractivity (Wildman–Crippen MR) is 315 cm³/mol. The van der Waals surface area contributed by atoms with Crippen LogP contribution in [0.5, 0.6) is 0 Å². The predicted octanol–water partition coefficient (Wildman–Crippen LogP) is 19.2. The fourth-order valence-corrected chi connectivity index (χ4v) is 12.9. The molecular formula is C71H54N4O2. The van der Waals surface area contributed by atoms with E-state index in [2.05, 4.69) is 221 Å². The molecule has 0 amide bonds. The van der Waals surface area contributed by atoms with Gasteiger partial charge in [0.25, 0.3) is 0 Å². The van der Waals surface area contributed by atoms with Gasteiger partial charge in [0.1, 0.15) is 11.0 Å². The molecule has 2 aromatic heterocycles. The van der Waals surface area contributed by atoms with Crippen LogP contribution in [0.1, 0.15) is 74.9 Å². The van der Waals surface area contributed by atoms with Crippen LogP contribution >= 0.6 is 0 Å². The van der Waals surface area contributed by atoms with Crippen LogP contribution in [0.4, 0.5) is 34.1 Å². The summed E-state index contributed by atoms with van der Waals surface area (Å²) in [5.74, 6) is 1.26. The van der Waals surface area contributed by atoms with E-state index in [1.54, 1.807) is 0 Å². The first-order chi connectivity index (χ1) is 37.4. The summed E-state index contributed by atoms with van der Waals surface area (Å²) in [5, 5.41) is 0. The lowest BCUT2D eigenvalue weighted by Gasteiger charge is -2.42. The maximum atomic E-state index is 6.12. The summed E-state index contributed by atoms with van der Waals surface area (Å²) in [6.07, 6.45) is 0. The Labute approximate surface area is 448 Å². The van der Waals surface area contributed by atoms with Crippen LogP contribution < -0.4 is 9.80 Å². The Morgan fingerprint density at radius 2 is 0.649 bits per heavy atom. The van der Waals surface area contributed by atoms with E-state index in [4.69, 9.17) is 18.8 Å². The van der Waals surface area contributed by atoms with Crippen molar-refractivity contribution in [3.63, 3.8) is 0 Å². The van der Waals surface area contributed by atoms with Gasteiger partial charge < -0.3 is 18.6 Å². The minimum Gasteiger partial charge on any atom is -0.436 e. The molecule has 0 N–H and O–H groups in total. The first kappa shape index (κ1) is 45.2. The lowest BCUT2D eigenvalue weighted by molar-refractivity contribution is 0.619. The molecule has 0 saturated carbocycles. The Hall–Kier alpha value is -9.26. The largest absolute Gasteiger partial charge is 0.436 e. The smallest absolute Gasteiger partial charge is 0.227 e. The topological polar surface area (TPSA) is 58.5 Å². The molecule has 3 aliphatic rings. The molecule has 1 aliphatic carbocycles. The van der Waals surface area contributed by atoms with Crippen molar-refractivity contribution in [2.24, 2.45) is 0 Å². The van der Waals surface area contributed by atoms with Gasteiger partial charge in [-0.3, -0.25) is 0 Å². The molecule has 0 bridgehead atoms. The number of oxazole rings is 2. The molecule has 77 heavy (non-hydrogen) atoms. The van der Waals surface area contributed by atoms with Gasteiger partial charge in [-0.2, -0.15) is 0 Å². The van der Waals surface area contributed by atoms with E-state index in [-0.39, 0.29) is 16.2 Å². The van der Waals surface area contributed by atoms with Crippen molar-refractivity contribution in [2.45, 2.75) is 57.8 Å². The highest BCUT2D eigenvalue weighted by molar-refractivity contribution is 5.93. The zero-order valence-corrected chi connectivity index (χ0v) is 43.9. The molecular weight excluding hydrogens is 941 g/mol. The monoisotopic (exact) mass is 994 g/mol. The van der Waals surface area contributed by atoms with Gasteiger partial charge in [0, 0.05) is 38.7 Å². The fraction of sp³-hybridized carbons (Fsp3) is 0.127. The molecule has 370 valence electrons. The van der Waals surface area contributed by atoms with Crippen LogP contribution in [0.2, 0.25) is 0 Å². The van der Waals surface area contributed by atoms with Gasteiger partial charge in [0.2, 0.25) is 11.8 Å². The fourth-order valence-electron chi connectivity index (χ4n) is 12.9. The average molecular weight is 995 g/mol. The van der Waals surface area contributed by atoms with Gasteiger partial charge >= 0.3 is 0 Å². The van der Waals surface area contributed by atoms with Gasteiger partial charge in [0.05, 0.1) is 22.7 Å². The summed E-state index contributed by atoms with van der Waals surface area (Å²) in [7, 11) is 0.